The highest BCUT2D eigenvalue weighted by Gasteiger charge is 2.01. The first-order valence-electron chi connectivity index (χ1n) is 4.01. The SMILES string of the molecule is Cc1cc(N)nn1COC(C)C. The summed E-state index contributed by atoms with van der Waals surface area (Å²) in [6.45, 7) is 6.40. The fraction of sp³-hybridized carbons (Fsp3) is 0.625. The van der Waals surface area contributed by atoms with Crippen molar-refractivity contribution in [2.45, 2.75) is 33.6 Å². The lowest BCUT2D eigenvalue weighted by Crippen LogP contribution is -2.10. The summed E-state index contributed by atoms with van der Waals surface area (Å²) in [7, 11) is 0. The van der Waals surface area contributed by atoms with E-state index in [0.717, 1.165) is 5.69 Å². The van der Waals surface area contributed by atoms with Crippen molar-refractivity contribution in [1.82, 2.24) is 9.78 Å². The van der Waals surface area contributed by atoms with Crippen LogP contribution in [0.3, 0.4) is 0 Å². The first-order chi connectivity index (χ1) is 5.59. The molecule has 2 N–H and O–H groups in total. The number of aromatic nitrogens is 2. The van der Waals surface area contributed by atoms with E-state index in [1.807, 2.05) is 26.8 Å². The molecular formula is C8H15N3O. The van der Waals surface area contributed by atoms with Crippen LogP contribution in [0.25, 0.3) is 0 Å². The van der Waals surface area contributed by atoms with E-state index in [1.165, 1.54) is 0 Å². The van der Waals surface area contributed by atoms with Gasteiger partial charge in [-0.05, 0) is 20.8 Å². The topological polar surface area (TPSA) is 53.1 Å². The lowest BCUT2D eigenvalue weighted by molar-refractivity contribution is 0.0212. The Kier molecular flexibility index (Phi) is 2.70. The first kappa shape index (κ1) is 9.06. The summed E-state index contributed by atoms with van der Waals surface area (Å²) in [5, 5.41) is 4.05. The van der Waals surface area contributed by atoms with Gasteiger partial charge in [0.05, 0.1) is 6.10 Å². The molecule has 0 spiro atoms. The molecule has 0 aliphatic heterocycles. The van der Waals surface area contributed by atoms with Crippen molar-refractivity contribution < 1.29 is 4.74 Å². The molecule has 1 aromatic heterocycles. The Morgan fingerprint density at radius 2 is 2.33 bits per heavy atom. The largest absolute Gasteiger partial charge is 0.382 e. The predicted octanol–water partition coefficient (Wildman–Crippen LogP) is 1.16. The van der Waals surface area contributed by atoms with Gasteiger partial charge in [0.15, 0.2) is 0 Å². The van der Waals surface area contributed by atoms with Gasteiger partial charge < -0.3 is 10.5 Å². The molecule has 0 bridgehead atoms. The number of aryl methyl sites for hydroxylation is 1. The molecule has 0 saturated heterocycles. The Morgan fingerprint density at radius 1 is 1.67 bits per heavy atom. The van der Waals surface area contributed by atoms with Crippen LogP contribution >= 0.6 is 0 Å². The van der Waals surface area contributed by atoms with Crippen molar-refractivity contribution >= 4 is 5.82 Å². The molecule has 0 radical (unpaired) electrons. The first-order valence-corrected chi connectivity index (χ1v) is 4.01. The molecule has 0 saturated carbocycles. The molecule has 1 rings (SSSR count). The van der Waals surface area contributed by atoms with E-state index < -0.39 is 0 Å². The van der Waals surface area contributed by atoms with Crippen LogP contribution in [-0.4, -0.2) is 15.9 Å². The molecule has 0 fully saturated rings. The second-order valence-electron chi connectivity index (χ2n) is 3.05. The fourth-order valence-electron chi connectivity index (χ4n) is 0.886. The molecule has 12 heavy (non-hydrogen) atoms. The zero-order valence-electron chi connectivity index (χ0n) is 7.74. The maximum Gasteiger partial charge on any atom is 0.145 e. The van der Waals surface area contributed by atoms with Gasteiger partial charge in [-0.1, -0.05) is 0 Å². The third-order valence-electron chi connectivity index (χ3n) is 1.53. The zero-order valence-corrected chi connectivity index (χ0v) is 7.74. The van der Waals surface area contributed by atoms with Gasteiger partial charge in [0.2, 0.25) is 0 Å². The minimum Gasteiger partial charge on any atom is -0.382 e. The van der Waals surface area contributed by atoms with Gasteiger partial charge in [0.25, 0.3) is 0 Å². The number of ether oxygens (including phenoxy) is 1. The molecule has 1 heterocycles. The van der Waals surface area contributed by atoms with Crippen molar-refractivity contribution in [2.24, 2.45) is 0 Å². The zero-order chi connectivity index (χ0) is 9.14. The Balaban J connectivity index is 2.57. The summed E-state index contributed by atoms with van der Waals surface area (Å²) in [5.41, 5.74) is 6.52. The molecule has 4 heteroatoms. The van der Waals surface area contributed by atoms with E-state index >= 15 is 0 Å². The predicted molar refractivity (Wildman–Crippen MR) is 47.6 cm³/mol. The Morgan fingerprint density at radius 3 is 2.75 bits per heavy atom. The van der Waals surface area contributed by atoms with Crippen LogP contribution in [0.2, 0.25) is 0 Å². The van der Waals surface area contributed by atoms with Gasteiger partial charge in [-0.2, -0.15) is 5.10 Å². The van der Waals surface area contributed by atoms with Gasteiger partial charge in [-0.15, -0.1) is 0 Å². The fourth-order valence-corrected chi connectivity index (χ4v) is 0.886. The number of nitrogens with two attached hydrogens (primary N) is 1. The summed E-state index contributed by atoms with van der Waals surface area (Å²) in [6.07, 6.45) is 0.217. The third kappa shape index (κ3) is 2.23. The van der Waals surface area contributed by atoms with E-state index in [2.05, 4.69) is 5.10 Å². The van der Waals surface area contributed by atoms with E-state index in [-0.39, 0.29) is 6.10 Å². The highest BCUT2D eigenvalue weighted by atomic mass is 16.5. The summed E-state index contributed by atoms with van der Waals surface area (Å²) in [6, 6.07) is 1.82. The maximum absolute atomic E-state index is 5.50. The van der Waals surface area contributed by atoms with Gasteiger partial charge in [-0.25, -0.2) is 4.68 Å². The lowest BCUT2D eigenvalue weighted by atomic mass is 10.5. The van der Waals surface area contributed by atoms with Gasteiger partial charge >= 0.3 is 0 Å². The molecule has 1 aromatic rings. The highest BCUT2D eigenvalue weighted by Crippen LogP contribution is 2.04. The minimum absolute atomic E-state index is 0.217. The number of hydrogen-bond donors (Lipinski definition) is 1. The second-order valence-corrected chi connectivity index (χ2v) is 3.05. The van der Waals surface area contributed by atoms with Gasteiger partial charge in [-0.3, -0.25) is 0 Å². The van der Waals surface area contributed by atoms with E-state index in [1.54, 1.807) is 4.68 Å². The van der Waals surface area contributed by atoms with Crippen molar-refractivity contribution in [1.29, 1.82) is 0 Å². The number of nitrogens with zero attached hydrogens (tertiary/aromatic N) is 2. The molecule has 0 aliphatic carbocycles. The van der Waals surface area contributed by atoms with E-state index in [4.69, 9.17) is 10.5 Å². The molecule has 0 aromatic carbocycles. The van der Waals surface area contributed by atoms with Crippen molar-refractivity contribution in [3.63, 3.8) is 0 Å². The van der Waals surface area contributed by atoms with Crippen molar-refractivity contribution in [2.75, 3.05) is 5.73 Å². The van der Waals surface area contributed by atoms with E-state index in [0.29, 0.717) is 12.5 Å². The Hall–Kier alpha value is -1.03. The average Bonchev–Trinajstić information content (AvgIpc) is 2.26. The summed E-state index contributed by atoms with van der Waals surface area (Å²) < 4.78 is 7.11. The van der Waals surface area contributed by atoms with Crippen LogP contribution < -0.4 is 5.73 Å². The van der Waals surface area contributed by atoms with Crippen LogP contribution in [0.1, 0.15) is 19.5 Å². The Bertz CT molecular complexity index is 255. The smallest absolute Gasteiger partial charge is 0.145 e. The molecular weight excluding hydrogens is 154 g/mol. The molecule has 0 amide bonds. The summed E-state index contributed by atoms with van der Waals surface area (Å²) in [5.74, 6) is 0.542. The number of rotatable bonds is 3. The molecule has 0 atom stereocenters. The van der Waals surface area contributed by atoms with Gasteiger partial charge in [0.1, 0.15) is 12.5 Å². The lowest BCUT2D eigenvalue weighted by Gasteiger charge is -2.08. The number of hydrogen-bond acceptors (Lipinski definition) is 3. The molecule has 0 unspecified atom stereocenters. The molecule has 0 aliphatic rings. The van der Waals surface area contributed by atoms with Crippen molar-refractivity contribution in [3.8, 4) is 0 Å². The van der Waals surface area contributed by atoms with Crippen LogP contribution in [0.5, 0.6) is 0 Å². The molecule has 4 nitrogen and oxygen atoms in total. The molecule has 68 valence electrons. The second kappa shape index (κ2) is 3.58. The normalized spacial score (nSPS) is 11.0. The number of nitrogen functional groups attached to an aromatic ring is 1. The third-order valence-corrected chi connectivity index (χ3v) is 1.53. The standard InChI is InChI=1S/C8H15N3O/c1-6(2)12-5-11-7(3)4-8(9)10-11/h4,6H,5H2,1-3H3,(H2,9,10). The highest BCUT2D eigenvalue weighted by molar-refractivity contribution is 5.28. The van der Waals surface area contributed by atoms with Crippen LogP contribution in [-0.2, 0) is 11.5 Å². The monoisotopic (exact) mass is 169 g/mol. The minimum atomic E-state index is 0.217. The number of anilines is 1. The van der Waals surface area contributed by atoms with Crippen molar-refractivity contribution in [3.05, 3.63) is 11.8 Å². The average molecular weight is 169 g/mol. The van der Waals surface area contributed by atoms with Gasteiger partial charge in [0, 0.05) is 11.8 Å². The van der Waals surface area contributed by atoms with Crippen LogP contribution in [0.4, 0.5) is 5.82 Å². The quantitative estimate of drug-likeness (QED) is 0.738. The van der Waals surface area contributed by atoms with Crippen LogP contribution in [0, 0.1) is 6.92 Å². The Labute approximate surface area is 72.3 Å². The van der Waals surface area contributed by atoms with Crippen LogP contribution in [0.15, 0.2) is 6.07 Å². The maximum atomic E-state index is 5.50. The summed E-state index contributed by atoms with van der Waals surface area (Å²) in [4.78, 5) is 0. The van der Waals surface area contributed by atoms with E-state index in [9.17, 15) is 0 Å². The summed E-state index contributed by atoms with van der Waals surface area (Å²) >= 11 is 0.